The lowest BCUT2D eigenvalue weighted by Gasteiger charge is -2.35. The van der Waals surface area contributed by atoms with Crippen molar-refractivity contribution < 1.29 is 28.2 Å². The lowest BCUT2D eigenvalue weighted by molar-refractivity contribution is -0.608. The van der Waals surface area contributed by atoms with Crippen LogP contribution in [0.15, 0.2) is 42.6 Å². The fraction of sp³-hybridized carbons (Fsp3) is 0.364. The number of amides is 3. The lowest BCUT2D eigenvalue weighted by atomic mass is 10.2. The Morgan fingerprint density at radius 3 is 2.64 bits per heavy atom. The molecule has 1 aromatic carbocycles. The first-order valence-electron chi connectivity index (χ1n) is 10.6. The second-order valence-corrected chi connectivity index (χ2v) is 7.88. The first kappa shape index (κ1) is 22.3. The molecule has 3 amide bonds. The Hall–Kier alpha value is -3.89. The Bertz CT molecular complexity index is 1070. The number of benzene rings is 1. The number of cyclic esters (lactones) is 1. The van der Waals surface area contributed by atoms with E-state index < -0.39 is 18.0 Å². The summed E-state index contributed by atoms with van der Waals surface area (Å²) in [4.78, 5) is 40.5. The van der Waals surface area contributed by atoms with E-state index in [0.717, 1.165) is 0 Å². The van der Waals surface area contributed by atoms with E-state index in [2.05, 4.69) is 5.32 Å². The van der Waals surface area contributed by atoms with Crippen molar-refractivity contribution in [1.82, 2.24) is 10.2 Å². The average molecular weight is 457 g/mol. The van der Waals surface area contributed by atoms with Crippen LogP contribution in [0.1, 0.15) is 17.4 Å². The zero-order valence-corrected chi connectivity index (χ0v) is 18.1. The Labute approximate surface area is 189 Å². The van der Waals surface area contributed by atoms with Gasteiger partial charge in [0.2, 0.25) is 5.91 Å². The molecule has 0 saturated carbocycles. The van der Waals surface area contributed by atoms with Gasteiger partial charge in [-0.05, 0) is 24.3 Å². The molecule has 33 heavy (non-hydrogen) atoms. The van der Waals surface area contributed by atoms with Gasteiger partial charge in [0.25, 0.3) is 5.69 Å². The normalized spacial score (nSPS) is 18.3. The summed E-state index contributed by atoms with van der Waals surface area (Å²) in [5.74, 6) is -1.08. The topological polar surface area (TPSA) is 109 Å². The highest BCUT2D eigenvalue weighted by Crippen LogP contribution is 2.28. The predicted molar refractivity (Wildman–Crippen MR) is 116 cm³/mol. The van der Waals surface area contributed by atoms with Gasteiger partial charge in [0.1, 0.15) is 11.9 Å². The van der Waals surface area contributed by atoms with E-state index in [0.29, 0.717) is 42.3 Å². The molecule has 174 valence electrons. The number of nitrogens with one attached hydrogen (secondary N) is 1. The van der Waals surface area contributed by atoms with Gasteiger partial charge in [-0.25, -0.2) is 9.18 Å². The van der Waals surface area contributed by atoms with Crippen LogP contribution in [0.25, 0.3) is 0 Å². The van der Waals surface area contributed by atoms with Crippen molar-refractivity contribution in [1.29, 1.82) is 0 Å². The fourth-order valence-corrected chi connectivity index (χ4v) is 3.92. The summed E-state index contributed by atoms with van der Waals surface area (Å²) in [6.45, 7) is 3.27. The van der Waals surface area contributed by atoms with Crippen LogP contribution in [-0.2, 0) is 9.53 Å². The minimum absolute atomic E-state index is 0.0517. The maximum Gasteiger partial charge on any atom is 0.414 e. The Balaban J connectivity index is 1.38. The average Bonchev–Trinajstić information content (AvgIpc) is 3.18. The van der Waals surface area contributed by atoms with Gasteiger partial charge in [-0.15, -0.1) is 0 Å². The zero-order valence-electron chi connectivity index (χ0n) is 18.1. The van der Waals surface area contributed by atoms with Crippen molar-refractivity contribution in [2.45, 2.75) is 13.0 Å². The molecule has 10 nitrogen and oxygen atoms in total. The molecular weight excluding hydrogens is 433 g/mol. The van der Waals surface area contributed by atoms with Gasteiger partial charge in [-0.2, -0.15) is 4.73 Å². The number of hydrogen-bond acceptors (Lipinski definition) is 6. The highest BCUT2D eigenvalue weighted by molar-refractivity contribution is 5.91. The van der Waals surface area contributed by atoms with E-state index in [1.807, 2.05) is 4.90 Å². The van der Waals surface area contributed by atoms with Crippen molar-refractivity contribution in [3.8, 4) is 0 Å². The van der Waals surface area contributed by atoms with Crippen LogP contribution in [0, 0.1) is 11.0 Å². The van der Waals surface area contributed by atoms with Crippen LogP contribution in [0.4, 0.5) is 20.6 Å². The second-order valence-electron chi connectivity index (χ2n) is 7.88. The molecule has 1 unspecified atom stereocenters. The molecule has 11 heteroatoms. The summed E-state index contributed by atoms with van der Waals surface area (Å²) >= 11 is 0. The Morgan fingerprint density at radius 1 is 1.21 bits per heavy atom. The SMILES string of the molecule is CC(=O)NCC1CN(c2ccc(N3CCN(C(=O)c4cccc[n+]4[O-])CC3)c(F)c2)C(=O)O1. The third-order valence-electron chi connectivity index (χ3n) is 5.65. The molecule has 4 rings (SSSR count). The van der Waals surface area contributed by atoms with Crippen molar-refractivity contribution in [3.63, 3.8) is 0 Å². The van der Waals surface area contributed by atoms with Crippen LogP contribution < -0.4 is 19.8 Å². The van der Waals surface area contributed by atoms with Gasteiger partial charge in [0, 0.05) is 45.2 Å². The van der Waals surface area contributed by atoms with Crippen LogP contribution in [-0.4, -0.2) is 68.2 Å². The van der Waals surface area contributed by atoms with Crippen molar-refractivity contribution in [2.24, 2.45) is 0 Å². The highest BCUT2D eigenvalue weighted by atomic mass is 19.1. The summed E-state index contributed by atoms with van der Waals surface area (Å²) in [6.07, 6.45) is 0.173. The zero-order chi connectivity index (χ0) is 23.5. The van der Waals surface area contributed by atoms with E-state index in [1.54, 1.807) is 29.2 Å². The molecule has 3 heterocycles. The maximum absolute atomic E-state index is 14.9. The van der Waals surface area contributed by atoms with E-state index in [4.69, 9.17) is 4.74 Å². The summed E-state index contributed by atoms with van der Waals surface area (Å²) < 4.78 is 20.7. The number of anilines is 2. The molecular formula is C22H24FN5O5. The molecule has 1 aromatic heterocycles. The monoisotopic (exact) mass is 457 g/mol. The molecule has 1 N–H and O–H groups in total. The summed E-state index contributed by atoms with van der Waals surface area (Å²) in [5.41, 5.74) is 0.784. The summed E-state index contributed by atoms with van der Waals surface area (Å²) in [5, 5.41) is 14.4. The van der Waals surface area contributed by atoms with Gasteiger partial charge in [0.05, 0.1) is 24.5 Å². The van der Waals surface area contributed by atoms with Crippen molar-refractivity contribution >= 4 is 29.3 Å². The molecule has 2 aliphatic heterocycles. The smallest absolute Gasteiger partial charge is 0.414 e. The molecule has 0 spiro atoms. The standard InChI is InChI=1S/C22H24FN5O5/c1-15(29)24-13-17-14-27(22(31)33-17)16-5-6-19(18(23)12-16)25-8-10-26(11-9-25)21(30)20-4-2-3-7-28(20)32/h2-7,12,17H,8-11,13-14H2,1H3,(H,24,29). The van der Waals surface area contributed by atoms with Gasteiger partial charge < -0.3 is 25.1 Å². The highest BCUT2D eigenvalue weighted by Gasteiger charge is 2.33. The van der Waals surface area contributed by atoms with E-state index in [-0.39, 0.29) is 30.6 Å². The summed E-state index contributed by atoms with van der Waals surface area (Å²) in [7, 11) is 0. The quantitative estimate of drug-likeness (QED) is 0.528. The van der Waals surface area contributed by atoms with E-state index in [9.17, 15) is 24.0 Å². The number of aromatic nitrogens is 1. The largest absolute Gasteiger partial charge is 0.618 e. The third kappa shape index (κ3) is 4.81. The number of pyridine rings is 1. The molecule has 2 fully saturated rings. The molecule has 0 radical (unpaired) electrons. The third-order valence-corrected chi connectivity index (χ3v) is 5.65. The minimum atomic E-state index is -0.596. The number of ether oxygens (including phenoxy) is 1. The lowest BCUT2D eigenvalue weighted by Crippen LogP contribution is -2.51. The number of halogens is 1. The van der Waals surface area contributed by atoms with E-state index in [1.165, 1.54) is 30.2 Å². The van der Waals surface area contributed by atoms with Crippen LogP contribution in [0.2, 0.25) is 0 Å². The first-order chi connectivity index (χ1) is 15.8. The van der Waals surface area contributed by atoms with Crippen LogP contribution >= 0.6 is 0 Å². The number of carbonyl (C=O) groups is 3. The van der Waals surface area contributed by atoms with E-state index >= 15 is 0 Å². The molecule has 2 aromatic rings. The fourth-order valence-electron chi connectivity index (χ4n) is 3.92. The number of rotatable bonds is 5. The van der Waals surface area contributed by atoms with Gasteiger partial charge in [0.15, 0.2) is 6.20 Å². The molecule has 1 atom stereocenters. The van der Waals surface area contributed by atoms with Crippen LogP contribution in [0.5, 0.6) is 0 Å². The second kappa shape index (κ2) is 9.31. The molecule has 2 aliphatic rings. The first-order valence-corrected chi connectivity index (χ1v) is 10.6. The predicted octanol–water partition coefficient (Wildman–Crippen LogP) is 0.883. The molecule has 0 bridgehead atoms. The van der Waals surface area contributed by atoms with Crippen molar-refractivity contribution in [2.75, 3.05) is 49.1 Å². The van der Waals surface area contributed by atoms with Crippen molar-refractivity contribution in [3.05, 3.63) is 59.3 Å². The molecule has 2 saturated heterocycles. The Morgan fingerprint density at radius 2 is 1.97 bits per heavy atom. The maximum atomic E-state index is 14.9. The number of piperazine rings is 1. The van der Waals surface area contributed by atoms with Gasteiger partial charge >= 0.3 is 12.0 Å². The van der Waals surface area contributed by atoms with Crippen LogP contribution in [0.3, 0.4) is 0 Å². The van der Waals surface area contributed by atoms with Gasteiger partial charge in [-0.1, -0.05) is 0 Å². The summed E-state index contributed by atoms with van der Waals surface area (Å²) in [6, 6.07) is 9.18. The Kier molecular flexibility index (Phi) is 6.29. The van der Waals surface area contributed by atoms with Gasteiger partial charge in [-0.3, -0.25) is 14.5 Å². The molecule has 0 aliphatic carbocycles. The number of carbonyl (C=O) groups excluding carboxylic acids is 3. The number of hydrogen-bond donors (Lipinski definition) is 1. The minimum Gasteiger partial charge on any atom is -0.618 e. The number of nitrogens with zero attached hydrogens (tertiary/aromatic N) is 4.